The third-order valence-electron chi connectivity index (χ3n) is 3.40. The van der Waals surface area contributed by atoms with E-state index >= 15 is 0 Å². The molecule has 5 heteroatoms. The molecule has 1 heterocycles. The average Bonchev–Trinajstić information content (AvgIpc) is 2.75. The van der Waals surface area contributed by atoms with Crippen LogP contribution in [0.1, 0.15) is 36.5 Å². The molecule has 19 heavy (non-hydrogen) atoms. The smallest absolute Gasteiger partial charge is 0.255 e. The Kier molecular flexibility index (Phi) is 4.69. The molecule has 1 fully saturated rings. The Balaban J connectivity index is 2.18. The molecule has 1 aliphatic rings. The van der Waals surface area contributed by atoms with E-state index in [9.17, 15) is 9.18 Å². The average molecular weight is 304 g/mol. The van der Waals surface area contributed by atoms with Gasteiger partial charge >= 0.3 is 0 Å². The zero-order valence-electron chi connectivity index (χ0n) is 10.7. The van der Waals surface area contributed by atoms with Crippen LogP contribution in [0.2, 0.25) is 5.02 Å². The molecule has 1 aromatic rings. The van der Waals surface area contributed by atoms with Gasteiger partial charge in [-0.3, -0.25) is 4.79 Å². The van der Waals surface area contributed by atoms with Gasteiger partial charge in [0.1, 0.15) is 5.82 Å². The van der Waals surface area contributed by atoms with Gasteiger partial charge in [-0.25, -0.2) is 4.39 Å². The standard InChI is InChI=1S/C14H16Cl2FNO/c1-9(15)7-11-3-2-6-18(11)14(19)12-5-4-10(17)8-13(12)16/h4-5,8-9,11H,2-3,6-7H2,1H3. The minimum atomic E-state index is -0.436. The fourth-order valence-electron chi connectivity index (χ4n) is 2.54. The lowest BCUT2D eigenvalue weighted by atomic mass is 10.1. The number of nitrogens with zero attached hydrogens (tertiary/aromatic N) is 1. The molecular formula is C14H16Cl2FNO. The summed E-state index contributed by atoms with van der Waals surface area (Å²) in [6, 6.07) is 4.03. The number of hydrogen-bond donors (Lipinski definition) is 0. The third kappa shape index (κ3) is 3.40. The maximum Gasteiger partial charge on any atom is 0.255 e. The Labute approximate surface area is 122 Å². The van der Waals surface area contributed by atoms with Gasteiger partial charge in [0.15, 0.2) is 0 Å². The topological polar surface area (TPSA) is 20.3 Å². The van der Waals surface area contributed by atoms with Crippen molar-refractivity contribution >= 4 is 29.1 Å². The predicted octanol–water partition coefficient (Wildman–Crippen LogP) is 4.10. The van der Waals surface area contributed by atoms with Crippen molar-refractivity contribution < 1.29 is 9.18 Å². The lowest BCUT2D eigenvalue weighted by Gasteiger charge is -2.26. The summed E-state index contributed by atoms with van der Waals surface area (Å²) in [4.78, 5) is 14.3. The third-order valence-corrected chi connectivity index (χ3v) is 3.89. The Bertz CT molecular complexity index is 479. The first kappa shape index (κ1) is 14.6. The van der Waals surface area contributed by atoms with Crippen molar-refractivity contribution in [1.29, 1.82) is 0 Å². The van der Waals surface area contributed by atoms with Gasteiger partial charge in [-0.15, -0.1) is 11.6 Å². The molecule has 1 aromatic carbocycles. The van der Waals surface area contributed by atoms with Crippen LogP contribution in [0.25, 0.3) is 0 Å². The summed E-state index contributed by atoms with van der Waals surface area (Å²) < 4.78 is 13.0. The summed E-state index contributed by atoms with van der Waals surface area (Å²) in [6.07, 6.45) is 2.70. The molecule has 2 rings (SSSR count). The van der Waals surface area contributed by atoms with E-state index in [0.29, 0.717) is 12.1 Å². The van der Waals surface area contributed by atoms with Crippen molar-refractivity contribution in [2.24, 2.45) is 0 Å². The van der Waals surface area contributed by atoms with Crippen LogP contribution in [0.4, 0.5) is 4.39 Å². The molecule has 0 saturated carbocycles. The molecule has 0 spiro atoms. The maximum atomic E-state index is 13.0. The maximum absolute atomic E-state index is 13.0. The number of likely N-dealkylation sites (tertiary alicyclic amines) is 1. The highest BCUT2D eigenvalue weighted by Gasteiger charge is 2.30. The highest BCUT2D eigenvalue weighted by atomic mass is 35.5. The van der Waals surface area contributed by atoms with E-state index in [1.54, 1.807) is 4.90 Å². The molecule has 0 bridgehead atoms. The number of rotatable bonds is 3. The molecule has 0 aliphatic carbocycles. The zero-order chi connectivity index (χ0) is 14.0. The summed E-state index contributed by atoms with van der Waals surface area (Å²) in [5.41, 5.74) is 0.359. The van der Waals surface area contributed by atoms with E-state index in [2.05, 4.69) is 0 Å². The van der Waals surface area contributed by atoms with Crippen molar-refractivity contribution in [1.82, 2.24) is 4.90 Å². The van der Waals surface area contributed by atoms with Crippen LogP contribution in [0.5, 0.6) is 0 Å². The van der Waals surface area contributed by atoms with E-state index in [4.69, 9.17) is 23.2 Å². The quantitative estimate of drug-likeness (QED) is 0.770. The summed E-state index contributed by atoms with van der Waals surface area (Å²) in [5, 5.41) is 0.191. The fourth-order valence-corrected chi connectivity index (χ4v) is 2.99. The second kappa shape index (κ2) is 6.10. The highest BCUT2D eigenvalue weighted by Crippen LogP contribution is 2.27. The van der Waals surface area contributed by atoms with Crippen LogP contribution in [0, 0.1) is 5.82 Å². The molecule has 2 unspecified atom stereocenters. The summed E-state index contributed by atoms with van der Waals surface area (Å²) in [6.45, 7) is 2.63. The number of amides is 1. The summed E-state index contributed by atoms with van der Waals surface area (Å²) >= 11 is 12.0. The summed E-state index contributed by atoms with van der Waals surface area (Å²) in [5.74, 6) is -0.571. The van der Waals surface area contributed by atoms with Gasteiger partial charge < -0.3 is 4.90 Å². The lowest BCUT2D eigenvalue weighted by Crippen LogP contribution is -2.36. The van der Waals surface area contributed by atoms with Gasteiger partial charge in [0.25, 0.3) is 5.91 Å². The van der Waals surface area contributed by atoms with Gasteiger partial charge in [-0.2, -0.15) is 0 Å². The minimum Gasteiger partial charge on any atom is -0.336 e. The van der Waals surface area contributed by atoms with Crippen LogP contribution in [0.15, 0.2) is 18.2 Å². The van der Waals surface area contributed by atoms with Gasteiger partial charge in [0.2, 0.25) is 0 Å². The van der Waals surface area contributed by atoms with Crippen LogP contribution in [-0.4, -0.2) is 28.8 Å². The second-order valence-electron chi connectivity index (χ2n) is 4.94. The number of carbonyl (C=O) groups is 1. The highest BCUT2D eigenvalue weighted by molar-refractivity contribution is 6.33. The van der Waals surface area contributed by atoms with Gasteiger partial charge in [0, 0.05) is 18.0 Å². The van der Waals surface area contributed by atoms with Crippen LogP contribution in [-0.2, 0) is 0 Å². The molecule has 1 aliphatic heterocycles. The Morgan fingerprint density at radius 3 is 2.95 bits per heavy atom. The molecule has 0 N–H and O–H groups in total. The number of benzene rings is 1. The van der Waals surface area contributed by atoms with Crippen LogP contribution < -0.4 is 0 Å². The van der Waals surface area contributed by atoms with E-state index in [0.717, 1.165) is 19.3 Å². The predicted molar refractivity (Wildman–Crippen MR) is 75.4 cm³/mol. The number of carbonyl (C=O) groups excluding carboxylic acids is 1. The molecule has 0 aromatic heterocycles. The van der Waals surface area contributed by atoms with Gasteiger partial charge in [0.05, 0.1) is 10.6 Å². The van der Waals surface area contributed by atoms with Crippen LogP contribution >= 0.6 is 23.2 Å². The second-order valence-corrected chi connectivity index (χ2v) is 6.09. The number of alkyl halides is 1. The van der Waals surface area contributed by atoms with Crippen molar-refractivity contribution in [3.8, 4) is 0 Å². The van der Waals surface area contributed by atoms with E-state index in [-0.39, 0.29) is 22.3 Å². The Hall–Kier alpha value is -0.800. The lowest BCUT2D eigenvalue weighted by molar-refractivity contribution is 0.0731. The molecular weight excluding hydrogens is 288 g/mol. The van der Waals surface area contributed by atoms with Gasteiger partial charge in [-0.05, 0) is 44.4 Å². The Morgan fingerprint density at radius 1 is 1.58 bits per heavy atom. The van der Waals surface area contributed by atoms with Crippen LogP contribution in [0.3, 0.4) is 0 Å². The fraction of sp³-hybridized carbons (Fsp3) is 0.500. The normalized spacial score (nSPS) is 20.6. The number of halogens is 3. The first-order valence-corrected chi connectivity index (χ1v) is 7.20. The summed E-state index contributed by atoms with van der Waals surface area (Å²) in [7, 11) is 0. The molecule has 1 amide bonds. The first-order valence-electron chi connectivity index (χ1n) is 6.39. The largest absolute Gasteiger partial charge is 0.336 e. The number of hydrogen-bond acceptors (Lipinski definition) is 1. The molecule has 2 atom stereocenters. The van der Waals surface area contributed by atoms with Gasteiger partial charge in [-0.1, -0.05) is 11.6 Å². The van der Waals surface area contributed by atoms with Crippen molar-refractivity contribution in [3.05, 3.63) is 34.6 Å². The minimum absolute atomic E-state index is 0.0297. The van der Waals surface area contributed by atoms with Crippen molar-refractivity contribution in [2.45, 2.75) is 37.6 Å². The first-order chi connectivity index (χ1) is 8.99. The SMILES string of the molecule is CC(Cl)CC1CCCN1C(=O)c1ccc(F)cc1Cl. The molecule has 1 saturated heterocycles. The van der Waals surface area contributed by atoms with Crippen molar-refractivity contribution in [3.63, 3.8) is 0 Å². The Morgan fingerprint density at radius 2 is 2.32 bits per heavy atom. The zero-order valence-corrected chi connectivity index (χ0v) is 12.2. The van der Waals surface area contributed by atoms with E-state index in [1.807, 2.05) is 6.92 Å². The molecule has 0 radical (unpaired) electrons. The van der Waals surface area contributed by atoms with Crippen molar-refractivity contribution in [2.75, 3.05) is 6.54 Å². The molecule has 104 valence electrons. The molecule has 2 nitrogen and oxygen atoms in total. The monoisotopic (exact) mass is 303 g/mol. The van der Waals surface area contributed by atoms with E-state index in [1.165, 1.54) is 18.2 Å². The van der Waals surface area contributed by atoms with E-state index < -0.39 is 5.82 Å².